The quantitative estimate of drug-likeness (QED) is 0.860. The molecule has 1 aliphatic rings. The lowest BCUT2D eigenvalue weighted by Crippen LogP contribution is -2.30. The van der Waals surface area contributed by atoms with Gasteiger partial charge in [0.1, 0.15) is 5.82 Å². The van der Waals surface area contributed by atoms with Crippen molar-refractivity contribution in [3.63, 3.8) is 0 Å². The number of hydrogen-bond acceptors (Lipinski definition) is 5. The second kappa shape index (κ2) is 6.54. The standard InChI is InChI=1S/C13H21N3O2/c1-3-17-12-8-13(16-10(2)15-12)18-9-11-4-6-14-7-5-11/h8,11,14H,3-7,9H2,1-2H3. The molecule has 2 heterocycles. The van der Waals surface area contributed by atoms with Crippen LogP contribution in [0.4, 0.5) is 0 Å². The predicted molar refractivity (Wildman–Crippen MR) is 69.0 cm³/mol. The molecule has 0 bridgehead atoms. The number of piperidine rings is 1. The summed E-state index contributed by atoms with van der Waals surface area (Å²) in [6.07, 6.45) is 2.34. The van der Waals surface area contributed by atoms with Crippen LogP contribution in [0.5, 0.6) is 11.8 Å². The SMILES string of the molecule is CCOc1cc(OCC2CCNCC2)nc(C)n1. The van der Waals surface area contributed by atoms with E-state index in [0.29, 0.717) is 30.1 Å². The molecular formula is C13H21N3O2. The van der Waals surface area contributed by atoms with Crippen LogP contribution >= 0.6 is 0 Å². The molecule has 5 heteroatoms. The molecule has 1 N–H and O–H groups in total. The lowest BCUT2D eigenvalue weighted by Gasteiger charge is -2.22. The van der Waals surface area contributed by atoms with Gasteiger partial charge < -0.3 is 14.8 Å². The molecule has 0 radical (unpaired) electrons. The fraction of sp³-hybridized carbons (Fsp3) is 0.692. The van der Waals surface area contributed by atoms with Crippen LogP contribution in [0.1, 0.15) is 25.6 Å². The third-order valence-corrected chi connectivity index (χ3v) is 3.01. The number of nitrogens with one attached hydrogen (secondary N) is 1. The Morgan fingerprint density at radius 2 is 1.89 bits per heavy atom. The Kier molecular flexibility index (Phi) is 4.75. The van der Waals surface area contributed by atoms with E-state index in [0.717, 1.165) is 19.7 Å². The van der Waals surface area contributed by atoms with Crippen LogP contribution in [-0.4, -0.2) is 36.3 Å². The monoisotopic (exact) mass is 251 g/mol. The Labute approximate surface area is 108 Å². The van der Waals surface area contributed by atoms with E-state index in [9.17, 15) is 0 Å². The molecule has 2 rings (SSSR count). The number of aromatic nitrogens is 2. The maximum atomic E-state index is 5.75. The van der Waals surface area contributed by atoms with E-state index < -0.39 is 0 Å². The van der Waals surface area contributed by atoms with E-state index in [1.807, 2.05) is 13.8 Å². The highest BCUT2D eigenvalue weighted by Gasteiger charge is 2.14. The van der Waals surface area contributed by atoms with Crippen molar-refractivity contribution in [2.75, 3.05) is 26.3 Å². The van der Waals surface area contributed by atoms with Crippen molar-refractivity contribution in [3.05, 3.63) is 11.9 Å². The molecule has 1 aromatic rings. The van der Waals surface area contributed by atoms with Crippen molar-refractivity contribution >= 4 is 0 Å². The minimum absolute atomic E-state index is 0.588. The molecule has 0 atom stereocenters. The predicted octanol–water partition coefficient (Wildman–Crippen LogP) is 1.56. The summed E-state index contributed by atoms with van der Waals surface area (Å²) in [5, 5.41) is 3.35. The third-order valence-electron chi connectivity index (χ3n) is 3.01. The van der Waals surface area contributed by atoms with Crippen molar-refractivity contribution in [1.29, 1.82) is 0 Å². The molecule has 0 spiro atoms. The summed E-state index contributed by atoms with van der Waals surface area (Å²) in [5.41, 5.74) is 0. The minimum atomic E-state index is 0.588. The highest BCUT2D eigenvalue weighted by molar-refractivity contribution is 5.20. The van der Waals surface area contributed by atoms with Crippen molar-refractivity contribution in [3.8, 4) is 11.8 Å². The molecule has 5 nitrogen and oxygen atoms in total. The number of aryl methyl sites for hydroxylation is 1. The summed E-state index contributed by atoms with van der Waals surface area (Å²) in [4.78, 5) is 8.47. The average Bonchev–Trinajstić information content (AvgIpc) is 2.37. The largest absolute Gasteiger partial charge is 0.478 e. The maximum absolute atomic E-state index is 5.75. The van der Waals surface area contributed by atoms with Gasteiger partial charge in [0.15, 0.2) is 0 Å². The van der Waals surface area contributed by atoms with E-state index >= 15 is 0 Å². The number of nitrogens with zero attached hydrogens (tertiary/aromatic N) is 2. The van der Waals surface area contributed by atoms with Crippen LogP contribution in [-0.2, 0) is 0 Å². The third kappa shape index (κ3) is 3.84. The van der Waals surface area contributed by atoms with Gasteiger partial charge in [-0.25, -0.2) is 0 Å². The summed E-state index contributed by atoms with van der Waals surface area (Å²) in [6.45, 7) is 7.28. The molecule has 0 unspecified atom stereocenters. The Bertz CT molecular complexity index is 378. The van der Waals surface area contributed by atoms with Crippen LogP contribution in [0.2, 0.25) is 0 Å². The average molecular weight is 251 g/mol. The Morgan fingerprint density at radius 3 is 2.56 bits per heavy atom. The first kappa shape index (κ1) is 13.1. The molecule has 0 aromatic carbocycles. The van der Waals surface area contributed by atoms with Crippen LogP contribution < -0.4 is 14.8 Å². The summed E-state index contributed by atoms with van der Waals surface area (Å²) in [5.74, 6) is 2.51. The van der Waals surface area contributed by atoms with Gasteiger partial charge in [0.05, 0.1) is 19.3 Å². The molecule has 1 aliphatic heterocycles. The Morgan fingerprint density at radius 1 is 1.22 bits per heavy atom. The van der Waals surface area contributed by atoms with Gasteiger partial charge in [0.2, 0.25) is 11.8 Å². The Balaban J connectivity index is 1.91. The fourth-order valence-corrected chi connectivity index (χ4v) is 2.06. The second-order valence-electron chi connectivity index (χ2n) is 4.53. The van der Waals surface area contributed by atoms with E-state index in [1.54, 1.807) is 6.07 Å². The zero-order chi connectivity index (χ0) is 12.8. The van der Waals surface area contributed by atoms with Crippen molar-refractivity contribution in [2.45, 2.75) is 26.7 Å². The van der Waals surface area contributed by atoms with Gasteiger partial charge in [-0.15, -0.1) is 0 Å². The molecule has 100 valence electrons. The molecule has 1 aromatic heterocycles. The van der Waals surface area contributed by atoms with Crippen molar-refractivity contribution in [1.82, 2.24) is 15.3 Å². The molecule has 18 heavy (non-hydrogen) atoms. The van der Waals surface area contributed by atoms with Gasteiger partial charge in [-0.3, -0.25) is 0 Å². The zero-order valence-corrected chi connectivity index (χ0v) is 11.1. The molecule has 0 amide bonds. The van der Waals surface area contributed by atoms with Gasteiger partial charge in [-0.05, 0) is 45.7 Å². The first-order valence-electron chi connectivity index (χ1n) is 6.60. The molecule has 1 saturated heterocycles. The van der Waals surface area contributed by atoms with Gasteiger partial charge in [0, 0.05) is 0 Å². The summed E-state index contributed by atoms with van der Waals surface area (Å²) < 4.78 is 11.1. The number of hydrogen-bond donors (Lipinski definition) is 1. The van der Waals surface area contributed by atoms with Crippen LogP contribution in [0.15, 0.2) is 6.07 Å². The first-order chi connectivity index (χ1) is 8.78. The smallest absolute Gasteiger partial charge is 0.220 e. The minimum Gasteiger partial charge on any atom is -0.478 e. The van der Waals surface area contributed by atoms with E-state index in [-0.39, 0.29) is 0 Å². The lowest BCUT2D eigenvalue weighted by atomic mass is 9.99. The number of rotatable bonds is 5. The normalized spacial score (nSPS) is 16.6. The summed E-state index contributed by atoms with van der Waals surface area (Å²) in [6, 6.07) is 1.76. The second-order valence-corrected chi connectivity index (χ2v) is 4.53. The zero-order valence-electron chi connectivity index (χ0n) is 11.1. The highest BCUT2D eigenvalue weighted by atomic mass is 16.5. The van der Waals surface area contributed by atoms with Gasteiger partial charge in [-0.1, -0.05) is 0 Å². The van der Waals surface area contributed by atoms with Gasteiger partial charge >= 0.3 is 0 Å². The van der Waals surface area contributed by atoms with E-state index in [2.05, 4.69) is 15.3 Å². The van der Waals surface area contributed by atoms with Crippen molar-refractivity contribution < 1.29 is 9.47 Å². The van der Waals surface area contributed by atoms with Gasteiger partial charge in [0.25, 0.3) is 0 Å². The van der Waals surface area contributed by atoms with Crippen LogP contribution in [0.25, 0.3) is 0 Å². The molecular weight excluding hydrogens is 230 g/mol. The molecule has 0 aliphatic carbocycles. The molecule has 1 fully saturated rings. The first-order valence-corrected chi connectivity index (χ1v) is 6.60. The topological polar surface area (TPSA) is 56.3 Å². The summed E-state index contributed by atoms with van der Waals surface area (Å²) in [7, 11) is 0. The van der Waals surface area contributed by atoms with Crippen LogP contribution in [0, 0.1) is 12.8 Å². The molecule has 0 saturated carbocycles. The lowest BCUT2D eigenvalue weighted by molar-refractivity contribution is 0.206. The van der Waals surface area contributed by atoms with Gasteiger partial charge in [-0.2, -0.15) is 9.97 Å². The fourth-order valence-electron chi connectivity index (χ4n) is 2.06. The van der Waals surface area contributed by atoms with Crippen molar-refractivity contribution in [2.24, 2.45) is 5.92 Å². The highest BCUT2D eigenvalue weighted by Crippen LogP contribution is 2.18. The van der Waals surface area contributed by atoms with E-state index in [4.69, 9.17) is 9.47 Å². The Hall–Kier alpha value is -1.36. The van der Waals surface area contributed by atoms with E-state index in [1.165, 1.54) is 12.8 Å². The summed E-state index contributed by atoms with van der Waals surface area (Å²) >= 11 is 0. The van der Waals surface area contributed by atoms with Crippen LogP contribution in [0.3, 0.4) is 0 Å². The maximum Gasteiger partial charge on any atom is 0.220 e. The number of ether oxygens (including phenoxy) is 2.